The summed E-state index contributed by atoms with van der Waals surface area (Å²) in [5, 5.41) is 0. The maximum atomic E-state index is 13.6. The van der Waals surface area contributed by atoms with Gasteiger partial charge in [-0.05, 0) is 37.8 Å². The third kappa shape index (κ3) is 4.63. The SMILES string of the molecule is COCCC1CCCCN1C(=O)c1coc(COc2cccc(F)c2F)n1. The first kappa shape index (κ1) is 19.3. The number of likely N-dealkylation sites (tertiary alicyclic amines) is 1. The Morgan fingerprint density at radius 2 is 2.22 bits per heavy atom. The molecule has 8 heteroatoms. The van der Waals surface area contributed by atoms with Crippen LogP contribution in [-0.2, 0) is 11.3 Å². The number of aromatic nitrogens is 1. The first-order chi connectivity index (χ1) is 13.1. The van der Waals surface area contributed by atoms with E-state index in [2.05, 4.69) is 4.98 Å². The second-order valence-electron chi connectivity index (χ2n) is 6.40. The highest BCUT2D eigenvalue weighted by Crippen LogP contribution is 2.23. The Morgan fingerprint density at radius 1 is 1.37 bits per heavy atom. The van der Waals surface area contributed by atoms with Gasteiger partial charge in [0.25, 0.3) is 5.91 Å². The van der Waals surface area contributed by atoms with E-state index in [1.807, 2.05) is 0 Å². The summed E-state index contributed by atoms with van der Waals surface area (Å²) in [6.07, 6.45) is 5.00. The summed E-state index contributed by atoms with van der Waals surface area (Å²) in [4.78, 5) is 18.7. The van der Waals surface area contributed by atoms with Gasteiger partial charge in [-0.3, -0.25) is 4.79 Å². The smallest absolute Gasteiger partial charge is 0.276 e. The maximum Gasteiger partial charge on any atom is 0.276 e. The molecule has 1 amide bonds. The first-order valence-corrected chi connectivity index (χ1v) is 8.91. The topological polar surface area (TPSA) is 64.8 Å². The van der Waals surface area contributed by atoms with Crippen LogP contribution in [0.5, 0.6) is 5.75 Å². The number of benzene rings is 1. The van der Waals surface area contributed by atoms with Crippen molar-refractivity contribution in [3.8, 4) is 5.75 Å². The molecule has 1 atom stereocenters. The molecule has 2 heterocycles. The lowest BCUT2D eigenvalue weighted by molar-refractivity contribution is 0.0547. The Balaban J connectivity index is 1.63. The Labute approximate surface area is 156 Å². The first-order valence-electron chi connectivity index (χ1n) is 8.91. The van der Waals surface area contributed by atoms with E-state index in [0.29, 0.717) is 13.2 Å². The summed E-state index contributed by atoms with van der Waals surface area (Å²) in [6.45, 7) is 1.05. The van der Waals surface area contributed by atoms with Gasteiger partial charge in [-0.2, -0.15) is 4.39 Å². The van der Waals surface area contributed by atoms with Gasteiger partial charge in [0, 0.05) is 26.3 Å². The van der Waals surface area contributed by atoms with Gasteiger partial charge in [0.2, 0.25) is 11.7 Å². The lowest BCUT2D eigenvalue weighted by Gasteiger charge is -2.35. The van der Waals surface area contributed by atoms with E-state index in [1.54, 1.807) is 12.0 Å². The van der Waals surface area contributed by atoms with Crippen LogP contribution in [-0.4, -0.2) is 42.1 Å². The summed E-state index contributed by atoms with van der Waals surface area (Å²) in [6, 6.07) is 3.77. The molecule has 2 aromatic rings. The normalized spacial score (nSPS) is 17.1. The predicted octanol–water partition coefficient (Wildman–Crippen LogP) is 3.56. The molecule has 0 spiro atoms. The number of halogens is 2. The van der Waals surface area contributed by atoms with Crippen molar-refractivity contribution < 1.29 is 27.5 Å². The Bertz CT molecular complexity index is 781. The number of hydrogen-bond donors (Lipinski definition) is 0. The van der Waals surface area contributed by atoms with Crippen LogP contribution in [0.15, 0.2) is 28.9 Å². The van der Waals surface area contributed by atoms with Gasteiger partial charge in [0.15, 0.2) is 23.9 Å². The van der Waals surface area contributed by atoms with E-state index in [9.17, 15) is 13.6 Å². The quantitative estimate of drug-likeness (QED) is 0.735. The fraction of sp³-hybridized carbons (Fsp3) is 0.474. The van der Waals surface area contributed by atoms with Gasteiger partial charge in [-0.15, -0.1) is 0 Å². The molecule has 27 heavy (non-hydrogen) atoms. The van der Waals surface area contributed by atoms with E-state index in [1.165, 1.54) is 18.4 Å². The van der Waals surface area contributed by atoms with Crippen molar-refractivity contribution in [3.63, 3.8) is 0 Å². The number of rotatable bonds is 7. The van der Waals surface area contributed by atoms with Gasteiger partial charge in [-0.1, -0.05) is 6.07 Å². The van der Waals surface area contributed by atoms with Crippen LogP contribution in [0.4, 0.5) is 8.78 Å². The number of carbonyl (C=O) groups is 1. The van der Waals surface area contributed by atoms with Crippen molar-refractivity contribution in [3.05, 3.63) is 47.7 Å². The van der Waals surface area contributed by atoms with Crippen LogP contribution in [0.25, 0.3) is 0 Å². The van der Waals surface area contributed by atoms with Crippen molar-refractivity contribution in [1.29, 1.82) is 0 Å². The van der Waals surface area contributed by atoms with E-state index in [4.69, 9.17) is 13.9 Å². The summed E-state index contributed by atoms with van der Waals surface area (Å²) < 4.78 is 42.4. The molecule has 1 aliphatic rings. The van der Waals surface area contributed by atoms with Crippen molar-refractivity contribution in [2.24, 2.45) is 0 Å². The van der Waals surface area contributed by atoms with Crippen LogP contribution < -0.4 is 4.74 Å². The zero-order chi connectivity index (χ0) is 19.2. The Morgan fingerprint density at radius 3 is 3.04 bits per heavy atom. The van der Waals surface area contributed by atoms with E-state index in [0.717, 1.165) is 31.7 Å². The third-order valence-electron chi connectivity index (χ3n) is 4.58. The number of ether oxygens (including phenoxy) is 2. The Hall–Kier alpha value is -2.48. The summed E-state index contributed by atoms with van der Waals surface area (Å²) >= 11 is 0. The summed E-state index contributed by atoms with van der Waals surface area (Å²) in [5.74, 6) is -2.40. The second-order valence-corrected chi connectivity index (χ2v) is 6.40. The van der Waals surface area contributed by atoms with Gasteiger partial charge in [0.05, 0.1) is 0 Å². The van der Waals surface area contributed by atoms with Crippen LogP contribution in [0.2, 0.25) is 0 Å². The number of piperidine rings is 1. The van der Waals surface area contributed by atoms with Crippen molar-refractivity contribution in [2.75, 3.05) is 20.3 Å². The zero-order valence-corrected chi connectivity index (χ0v) is 15.1. The van der Waals surface area contributed by atoms with E-state index < -0.39 is 11.6 Å². The molecule has 0 aliphatic carbocycles. The highest BCUT2D eigenvalue weighted by atomic mass is 19.2. The molecule has 1 aliphatic heterocycles. The molecule has 6 nitrogen and oxygen atoms in total. The molecular formula is C19H22F2N2O4. The highest BCUT2D eigenvalue weighted by Gasteiger charge is 2.29. The zero-order valence-electron chi connectivity index (χ0n) is 15.1. The monoisotopic (exact) mass is 380 g/mol. The molecule has 1 unspecified atom stereocenters. The maximum absolute atomic E-state index is 13.6. The molecule has 0 bridgehead atoms. The van der Waals surface area contributed by atoms with Crippen LogP contribution in [0.3, 0.4) is 0 Å². The molecule has 1 saturated heterocycles. The van der Waals surface area contributed by atoms with Crippen LogP contribution >= 0.6 is 0 Å². The van der Waals surface area contributed by atoms with E-state index in [-0.39, 0.29) is 35.9 Å². The summed E-state index contributed by atoms with van der Waals surface area (Å²) in [7, 11) is 1.64. The molecule has 0 radical (unpaired) electrons. The number of hydrogen-bond acceptors (Lipinski definition) is 5. The number of nitrogens with zero attached hydrogens (tertiary/aromatic N) is 2. The van der Waals surface area contributed by atoms with Crippen molar-refractivity contribution >= 4 is 5.91 Å². The molecule has 146 valence electrons. The van der Waals surface area contributed by atoms with Crippen molar-refractivity contribution in [1.82, 2.24) is 9.88 Å². The molecule has 3 rings (SSSR count). The van der Waals surface area contributed by atoms with Gasteiger partial charge in [0.1, 0.15) is 6.26 Å². The molecule has 1 aromatic heterocycles. The molecule has 0 N–H and O–H groups in total. The predicted molar refractivity (Wildman–Crippen MR) is 92.4 cm³/mol. The van der Waals surface area contributed by atoms with Crippen LogP contribution in [0.1, 0.15) is 42.1 Å². The number of methoxy groups -OCH3 is 1. The molecule has 1 fully saturated rings. The van der Waals surface area contributed by atoms with Crippen LogP contribution in [0, 0.1) is 11.6 Å². The van der Waals surface area contributed by atoms with Gasteiger partial charge in [-0.25, -0.2) is 9.37 Å². The fourth-order valence-corrected chi connectivity index (χ4v) is 3.18. The largest absolute Gasteiger partial charge is 0.481 e. The van der Waals surface area contributed by atoms with Gasteiger partial charge < -0.3 is 18.8 Å². The molecule has 0 saturated carbocycles. The fourth-order valence-electron chi connectivity index (χ4n) is 3.18. The lowest BCUT2D eigenvalue weighted by atomic mass is 9.99. The Kier molecular flexibility index (Phi) is 6.39. The lowest BCUT2D eigenvalue weighted by Crippen LogP contribution is -2.44. The number of amides is 1. The molecule has 1 aromatic carbocycles. The number of oxazole rings is 1. The van der Waals surface area contributed by atoms with E-state index >= 15 is 0 Å². The third-order valence-corrected chi connectivity index (χ3v) is 4.58. The summed E-state index contributed by atoms with van der Waals surface area (Å²) in [5.41, 5.74) is 0.178. The van der Waals surface area contributed by atoms with Crippen molar-refractivity contribution in [2.45, 2.75) is 38.3 Å². The molecular weight excluding hydrogens is 358 g/mol. The average Bonchev–Trinajstić information content (AvgIpc) is 3.16. The number of carbonyl (C=O) groups excluding carboxylic acids is 1. The van der Waals surface area contributed by atoms with Gasteiger partial charge >= 0.3 is 0 Å². The minimum absolute atomic E-state index is 0.115. The highest BCUT2D eigenvalue weighted by molar-refractivity contribution is 5.92. The standard InChI is InChI=1S/C19H22F2N2O4/c1-25-10-8-13-5-2-3-9-23(13)19(24)15-11-27-17(22-15)12-26-16-7-4-6-14(20)18(16)21/h4,6-7,11,13H,2-3,5,8-10,12H2,1H3. The minimum atomic E-state index is -1.07. The minimum Gasteiger partial charge on any atom is -0.481 e. The average molecular weight is 380 g/mol. The second kappa shape index (κ2) is 8.94.